The maximum atomic E-state index is 11.3. The number of benzene rings is 5. The Balaban J connectivity index is 1.56. The van der Waals surface area contributed by atoms with Crippen LogP contribution in [0.15, 0.2) is 60.7 Å². The molecule has 0 saturated heterocycles. The van der Waals surface area contributed by atoms with Gasteiger partial charge >= 0.3 is 0 Å². The fourth-order valence-electron chi connectivity index (χ4n) is 5.60. The molecule has 0 atom stereocenters. The van der Waals surface area contributed by atoms with E-state index in [0.29, 0.717) is 11.5 Å². The van der Waals surface area contributed by atoms with E-state index in [0.717, 1.165) is 55.9 Å². The first-order chi connectivity index (χ1) is 17.6. The van der Waals surface area contributed by atoms with Crippen LogP contribution in [-0.4, -0.2) is 10.2 Å². The molecule has 0 unspecified atom stereocenters. The number of phenolic OH excluding ortho intramolecular Hbond substituents is 2. The third-order valence-electron chi connectivity index (χ3n) is 7.74. The summed E-state index contributed by atoms with van der Waals surface area (Å²) in [5.74, 6) is 0.618. The van der Waals surface area contributed by atoms with Gasteiger partial charge in [0.1, 0.15) is 11.5 Å². The van der Waals surface area contributed by atoms with Gasteiger partial charge in [0.05, 0.1) is 0 Å². The van der Waals surface area contributed by atoms with Crippen LogP contribution in [0.3, 0.4) is 0 Å². The molecule has 0 spiro atoms. The number of hydrogen-bond acceptors (Lipinski definition) is 2. The molecule has 5 aromatic rings. The standard InChI is InChI=1S/C34H38O2/c1-3-5-7-9-11-23-13-15-25-19-27-21-28-20-26-16-14-24(12-10-8-6-4-2)18-30(26)34(36)32(28)22-31(27)33(35)29(25)17-23/h13-22,35-36H,3-12H2,1-2H3. The highest BCUT2D eigenvalue weighted by molar-refractivity contribution is 6.14. The Kier molecular flexibility index (Phi) is 7.32. The van der Waals surface area contributed by atoms with Crippen molar-refractivity contribution >= 4 is 43.1 Å². The van der Waals surface area contributed by atoms with Crippen LogP contribution in [0.25, 0.3) is 43.1 Å². The lowest BCUT2D eigenvalue weighted by Gasteiger charge is -2.13. The summed E-state index contributed by atoms with van der Waals surface area (Å²) in [5, 5.41) is 30.1. The first kappa shape index (κ1) is 24.4. The summed E-state index contributed by atoms with van der Waals surface area (Å²) in [6.07, 6.45) is 12.0. The van der Waals surface area contributed by atoms with Crippen molar-refractivity contribution in [3.05, 3.63) is 71.8 Å². The summed E-state index contributed by atoms with van der Waals surface area (Å²) in [7, 11) is 0. The number of phenols is 2. The Bertz CT molecular complexity index is 1420. The van der Waals surface area contributed by atoms with Crippen molar-refractivity contribution in [1.82, 2.24) is 0 Å². The van der Waals surface area contributed by atoms with Crippen molar-refractivity contribution in [2.45, 2.75) is 78.1 Å². The van der Waals surface area contributed by atoms with E-state index in [1.807, 2.05) is 6.07 Å². The molecular formula is C34H38O2. The second-order valence-corrected chi connectivity index (χ2v) is 10.5. The molecule has 0 saturated carbocycles. The molecule has 2 N–H and O–H groups in total. The van der Waals surface area contributed by atoms with Crippen LogP contribution < -0.4 is 0 Å². The van der Waals surface area contributed by atoms with E-state index in [2.05, 4.69) is 68.4 Å². The van der Waals surface area contributed by atoms with E-state index >= 15 is 0 Å². The molecule has 0 aliphatic heterocycles. The fraction of sp³-hybridized carbons (Fsp3) is 0.353. The van der Waals surface area contributed by atoms with E-state index in [9.17, 15) is 10.2 Å². The summed E-state index contributed by atoms with van der Waals surface area (Å²) in [5.41, 5.74) is 2.55. The molecule has 5 aromatic carbocycles. The summed E-state index contributed by atoms with van der Waals surface area (Å²) < 4.78 is 0. The Morgan fingerprint density at radius 3 is 1.31 bits per heavy atom. The molecule has 5 rings (SSSR count). The van der Waals surface area contributed by atoms with Gasteiger partial charge in [-0.3, -0.25) is 0 Å². The minimum absolute atomic E-state index is 0.309. The van der Waals surface area contributed by atoms with Gasteiger partial charge in [-0.15, -0.1) is 0 Å². The van der Waals surface area contributed by atoms with Gasteiger partial charge in [-0.05, 0) is 94.8 Å². The first-order valence-electron chi connectivity index (χ1n) is 13.9. The molecule has 2 nitrogen and oxygen atoms in total. The highest BCUT2D eigenvalue weighted by Crippen LogP contribution is 2.41. The molecule has 0 aromatic heterocycles. The topological polar surface area (TPSA) is 40.5 Å². The van der Waals surface area contributed by atoms with Gasteiger partial charge in [-0.25, -0.2) is 0 Å². The Hall–Kier alpha value is -3.26. The lowest BCUT2D eigenvalue weighted by atomic mass is 9.94. The zero-order valence-electron chi connectivity index (χ0n) is 21.7. The van der Waals surface area contributed by atoms with E-state index in [4.69, 9.17) is 0 Å². The first-order valence-corrected chi connectivity index (χ1v) is 13.9. The van der Waals surface area contributed by atoms with Crippen molar-refractivity contribution in [1.29, 1.82) is 0 Å². The van der Waals surface area contributed by atoms with E-state index < -0.39 is 0 Å². The molecule has 0 aliphatic carbocycles. The minimum Gasteiger partial charge on any atom is -0.507 e. The monoisotopic (exact) mass is 478 g/mol. The van der Waals surface area contributed by atoms with Crippen molar-refractivity contribution in [2.75, 3.05) is 0 Å². The van der Waals surface area contributed by atoms with Crippen LogP contribution in [0.4, 0.5) is 0 Å². The van der Waals surface area contributed by atoms with Gasteiger partial charge < -0.3 is 10.2 Å². The minimum atomic E-state index is 0.309. The van der Waals surface area contributed by atoms with E-state index in [1.165, 1.54) is 62.5 Å². The lowest BCUT2D eigenvalue weighted by molar-refractivity contribution is 0.487. The van der Waals surface area contributed by atoms with Crippen molar-refractivity contribution < 1.29 is 10.2 Å². The molecule has 0 bridgehead atoms. The van der Waals surface area contributed by atoms with Gasteiger partial charge in [-0.1, -0.05) is 76.6 Å². The number of aromatic hydroxyl groups is 2. The third-order valence-corrected chi connectivity index (χ3v) is 7.74. The average Bonchev–Trinajstić information content (AvgIpc) is 2.89. The molecule has 0 radical (unpaired) electrons. The summed E-state index contributed by atoms with van der Waals surface area (Å²) in [6.45, 7) is 4.47. The highest BCUT2D eigenvalue weighted by atomic mass is 16.3. The van der Waals surface area contributed by atoms with Gasteiger partial charge in [-0.2, -0.15) is 0 Å². The Morgan fingerprint density at radius 1 is 0.444 bits per heavy atom. The zero-order chi connectivity index (χ0) is 25.1. The SMILES string of the molecule is CCCCCCc1ccc2cc3cc4cc5ccc(CCCCCC)cc5c(O)c4cc3c(O)c2c1. The summed E-state index contributed by atoms with van der Waals surface area (Å²) in [6, 6.07) is 21.3. The molecule has 0 heterocycles. The molecule has 186 valence electrons. The largest absolute Gasteiger partial charge is 0.507 e. The molecule has 0 amide bonds. The van der Waals surface area contributed by atoms with Crippen LogP contribution in [0, 0.1) is 0 Å². The Morgan fingerprint density at radius 2 is 0.861 bits per heavy atom. The van der Waals surface area contributed by atoms with Crippen molar-refractivity contribution in [3.8, 4) is 11.5 Å². The van der Waals surface area contributed by atoms with E-state index in [1.54, 1.807) is 0 Å². The maximum absolute atomic E-state index is 11.3. The fourth-order valence-corrected chi connectivity index (χ4v) is 5.60. The van der Waals surface area contributed by atoms with Crippen LogP contribution in [0.2, 0.25) is 0 Å². The van der Waals surface area contributed by atoms with Gasteiger partial charge in [0.2, 0.25) is 0 Å². The predicted octanol–water partition coefficient (Wildman–Crippen LogP) is 9.96. The number of fused-ring (bicyclic) bond motifs is 4. The molecule has 36 heavy (non-hydrogen) atoms. The van der Waals surface area contributed by atoms with Crippen molar-refractivity contribution in [3.63, 3.8) is 0 Å². The van der Waals surface area contributed by atoms with Crippen molar-refractivity contribution in [2.24, 2.45) is 0 Å². The highest BCUT2D eigenvalue weighted by Gasteiger charge is 2.13. The summed E-state index contributed by atoms with van der Waals surface area (Å²) in [4.78, 5) is 0. The maximum Gasteiger partial charge on any atom is 0.131 e. The zero-order valence-corrected chi connectivity index (χ0v) is 21.7. The van der Waals surface area contributed by atoms with Crippen LogP contribution in [0.5, 0.6) is 11.5 Å². The van der Waals surface area contributed by atoms with Crippen LogP contribution >= 0.6 is 0 Å². The number of hydrogen-bond donors (Lipinski definition) is 2. The second kappa shape index (κ2) is 10.8. The van der Waals surface area contributed by atoms with Gasteiger partial charge in [0.15, 0.2) is 0 Å². The predicted molar refractivity (Wildman–Crippen MR) is 155 cm³/mol. The summed E-state index contributed by atoms with van der Waals surface area (Å²) >= 11 is 0. The Labute approximate surface area is 214 Å². The molecular weight excluding hydrogens is 440 g/mol. The van der Waals surface area contributed by atoms with E-state index in [-0.39, 0.29) is 0 Å². The second-order valence-electron chi connectivity index (χ2n) is 10.5. The number of aryl methyl sites for hydroxylation is 2. The molecule has 0 aliphatic rings. The lowest BCUT2D eigenvalue weighted by Crippen LogP contribution is -1.89. The third kappa shape index (κ3) is 4.87. The number of unbranched alkanes of at least 4 members (excludes halogenated alkanes) is 6. The normalized spacial score (nSPS) is 11.8. The molecule has 0 fully saturated rings. The number of rotatable bonds is 10. The van der Waals surface area contributed by atoms with Crippen LogP contribution in [0.1, 0.15) is 76.3 Å². The van der Waals surface area contributed by atoms with Gasteiger partial charge in [0, 0.05) is 21.5 Å². The van der Waals surface area contributed by atoms with Gasteiger partial charge in [0.25, 0.3) is 0 Å². The van der Waals surface area contributed by atoms with Crippen LogP contribution in [-0.2, 0) is 12.8 Å². The smallest absolute Gasteiger partial charge is 0.131 e. The average molecular weight is 479 g/mol. The molecule has 2 heteroatoms. The quantitative estimate of drug-likeness (QED) is 0.155.